The van der Waals surface area contributed by atoms with Crippen molar-refractivity contribution in [2.45, 2.75) is 26.5 Å². The van der Waals surface area contributed by atoms with Crippen molar-refractivity contribution in [3.05, 3.63) is 17.5 Å². The van der Waals surface area contributed by atoms with Crippen LogP contribution in [0.2, 0.25) is 0 Å². The third-order valence-corrected chi connectivity index (χ3v) is 3.19. The molecule has 0 saturated heterocycles. The van der Waals surface area contributed by atoms with E-state index in [1.165, 1.54) is 0 Å². The van der Waals surface area contributed by atoms with E-state index in [0.717, 1.165) is 0 Å². The van der Waals surface area contributed by atoms with Crippen LogP contribution in [0, 0.1) is 12.8 Å². The highest BCUT2D eigenvalue weighted by molar-refractivity contribution is 7.84. The van der Waals surface area contributed by atoms with Crippen LogP contribution < -0.4 is 5.32 Å². The van der Waals surface area contributed by atoms with E-state index in [1.807, 2.05) is 13.8 Å². The molecule has 1 heterocycles. The van der Waals surface area contributed by atoms with Gasteiger partial charge in [-0.05, 0) is 12.8 Å². The molecule has 1 unspecified atom stereocenters. The summed E-state index contributed by atoms with van der Waals surface area (Å²) >= 11 is 0. The van der Waals surface area contributed by atoms with Gasteiger partial charge in [-0.3, -0.25) is 9.00 Å². The summed E-state index contributed by atoms with van der Waals surface area (Å²) in [4.78, 5) is 11.4. The molecular formula is C11H18N2O3S. The maximum atomic E-state index is 11.6. The van der Waals surface area contributed by atoms with Crippen molar-refractivity contribution >= 4 is 16.7 Å². The molecule has 1 N–H and O–H groups in total. The Morgan fingerprint density at radius 3 is 2.82 bits per heavy atom. The molecule has 0 fully saturated rings. The highest BCUT2D eigenvalue weighted by atomic mass is 32.2. The molecule has 1 rings (SSSR count). The molecule has 0 saturated carbocycles. The van der Waals surface area contributed by atoms with Gasteiger partial charge in [-0.1, -0.05) is 19.0 Å². The van der Waals surface area contributed by atoms with Crippen LogP contribution in [0.1, 0.15) is 25.3 Å². The van der Waals surface area contributed by atoms with E-state index in [2.05, 4.69) is 10.5 Å². The van der Waals surface area contributed by atoms with E-state index in [0.29, 0.717) is 23.9 Å². The lowest BCUT2D eigenvalue weighted by atomic mass is 10.2. The van der Waals surface area contributed by atoms with Gasteiger partial charge in [0.15, 0.2) is 0 Å². The number of hydrogen-bond acceptors (Lipinski definition) is 4. The van der Waals surface area contributed by atoms with Crippen LogP contribution >= 0.6 is 0 Å². The zero-order valence-corrected chi connectivity index (χ0v) is 11.2. The number of aryl methyl sites for hydroxylation is 1. The van der Waals surface area contributed by atoms with Crippen LogP contribution in [0.15, 0.2) is 10.6 Å². The van der Waals surface area contributed by atoms with E-state index < -0.39 is 10.8 Å². The first-order chi connectivity index (χ1) is 7.97. The molecule has 0 aromatic carbocycles. The van der Waals surface area contributed by atoms with Crippen molar-refractivity contribution in [3.8, 4) is 0 Å². The van der Waals surface area contributed by atoms with Crippen LogP contribution in [-0.2, 0) is 21.3 Å². The van der Waals surface area contributed by atoms with Gasteiger partial charge in [0.25, 0.3) is 0 Å². The number of carbonyl (C=O) groups is 1. The Morgan fingerprint density at radius 2 is 2.29 bits per heavy atom. The molecule has 0 aliphatic carbocycles. The first-order valence-corrected chi connectivity index (χ1v) is 7.00. The fraction of sp³-hybridized carbons (Fsp3) is 0.636. The maximum Gasteiger partial charge on any atom is 0.232 e. The second-order valence-electron chi connectivity index (χ2n) is 4.36. The molecule has 6 heteroatoms. The second-order valence-corrected chi connectivity index (χ2v) is 5.81. The third-order valence-electron chi connectivity index (χ3n) is 1.99. The third kappa shape index (κ3) is 5.63. The zero-order valence-electron chi connectivity index (χ0n) is 10.4. The van der Waals surface area contributed by atoms with Gasteiger partial charge in [-0.2, -0.15) is 0 Å². The quantitative estimate of drug-likeness (QED) is 0.826. The predicted molar refractivity (Wildman–Crippen MR) is 65.8 cm³/mol. The van der Waals surface area contributed by atoms with Gasteiger partial charge in [-0.25, -0.2) is 0 Å². The van der Waals surface area contributed by atoms with Gasteiger partial charge < -0.3 is 9.84 Å². The minimum atomic E-state index is -1.24. The smallest absolute Gasteiger partial charge is 0.232 e. The van der Waals surface area contributed by atoms with Crippen LogP contribution in [0.3, 0.4) is 0 Å². The summed E-state index contributed by atoms with van der Waals surface area (Å²) in [6.07, 6.45) is 0. The lowest BCUT2D eigenvalue weighted by Crippen LogP contribution is -2.31. The molecule has 1 aromatic rings. The molecule has 1 amide bonds. The summed E-state index contributed by atoms with van der Waals surface area (Å²) in [6, 6.07) is 1.73. The molecule has 17 heavy (non-hydrogen) atoms. The van der Waals surface area contributed by atoms with Crippen LogP contribution in [0.5, 0.6) is 0 Å². The summed E-state index contributed by atoms with van der Waals surface area (Å²) in [5.74, 6) is 1.16. The number of carbonyl (C=O) groups excluding carboxylic acids is 1. The molecule has 1 aromatic heterocycles. The standard InChI is InChI=1S/C11H18N2O3S/c1-8(2)5-12-11(14)7-17(15)6-10-4-9(3)16-13-10/h4,8H,5-7H2,1-3H3,(H,12,14). The second kappa shape index (κ2) is 6.54. The van der Waals surface area contributed by atoms with E-state index in [4.69, 9.17) is 4.52 Å². The van der Waals surface area contributed by atoms with Crippen molar-refractivity contribution in [3.63, 3.8) is 0 Å². The van der Waals surface area contributed by atoms with Gasteiger partial charge in [0.2, 0.25) is 5.91 Å². The molecule has 0 radical (unpaired) electrons. The first kappa shape index (κ1) is 13.9. The fourth-order valence-corrected chi connectivity index (χ4v) is 2.18. The molecule has 0 bridgehead atoms. The highest BCUT2D eigenvalue weighted by Crippen LogP contribution is 2.04. The van der Waals surface area contributed by atoms with Gasteiger partial charge in [0.1, 0.15) is 11.5 Å². The van der Waals surface area contributed by atoms with Crippen molar-refractivity contribution in [1.82, 2.24) is 10.5 Å². The summed E-state index contributed by atoms with van der Waals surface area (Å²) < 4.78 is 16.5. The number of amides is 1. The lowest BCUT2D eigenvalue weighted by molar-refractivity contribution is -0.118. The molecular weight excluding hydrogens is 240 g/mol. The summed E-state index contributed by atoms with van der Waals surface area (Å²) in [5, 5.41) is 6.47. The monoisotopic (exact) mass is 258 g/mol. The SMILES string of the molecule is Cc1cc(CS(=O)CC(=O)NCC(C)C)no1. The summed E-state index contributed by atoms with van der Waals surface area (Å²) in [6.45, 7) is 6.40. The van der Waals surface area contributed by atoms with Crippen LogP contribution in [0.25, 0.3) is 0 Å². The summed E-state index contributed by atoms with van der Waals surface area (Å²) in [5.41, 5.74) is 0.623. The number of hydrogen-bond donors (Lipinski definition) is 1. The van der Waals surface area contributed by atoms with Crippen molar-refractivity contribution in [1.29, 1.82) is 0 Å². The Kier molecular flexibility index (Phi) is 5.34. The molecule has 0 aliphatic rings. The maximum absolute atomic E-state index is 11.6. The molecule has 1 atom stereocenters. The zero-order chi connectivity index (χ0) is 12.8. The van der Waals surface area contributed by atoms with Crippen molar-refractivity contribution in [2.24, 2.45) is 5.92 Å². The Hall–Kier alpha value is -1.17. The molecule has 0 aliphatic heterocycles. The normalized spacial score (nSPS) is 12.7. The minimum Gasteiger partial charge on any atom is -0.361 e. The van der Waals surface area contributed by atoms with E-state index in [-0.39, 0.29) is 17.4 Å². The topological polar surface area (TPSA) is 72.2 Å². The molecule has 5 nitrogen and oxygen atoms in total. The predicted octanol–water partition coefficient (Wildman–Crippen LogP) is 1.00. The number of aromatic nitrogens is 1. The summed E-state index contributed by atoms with van der Waals surface area (Å²) in [7, 11) is -1.24. The largest absolute Gasteiger partial charge is 0.361 e. The molecule has 96 valence electrons. The highest BCUT2D eigenvalue weighted by Gasteiger charge is 2.11. The number of rotatable bonds is 6. The number of nitrogens with one attached hydrogen (secondary N) is 1. The molecule has 0 spiro atoms. The van der Waals surface area contributed by atoms with Crippen molar-refractivity contribution < 1.29 is 13.5 Å². The van der Waals surface area contributed by atoms with E-state index in [9.17, 15) is 9.00 Å². The van der Waals surface area contributed by atoms with E-state index >= 15 is 0 Å². The average Bonchev–Trinajstić information content (AvgIpc) is 2.60. The van der Waals surface area contributed by atoms with E-state index in [1.54, 1.807) is 13.0 Å². The lowest BCUT2D eigenvalue weighted by Gasteiger charge is -2.06. The fourth-order valence-electron chi connectivity index (χ4n) is 1.22. The Morgan fingerprint density at radius 1 is 1.59 bits per heavy atom. The Balaban J connectivity index is 2.32. The van der Waals surface area contributed by atoms with Crippen molar-refractivity contribution in [2.75, 3.05) is 12.3 Å². The Bertz CT molecular complexity index is 401. The van der Waals surface area contributed by atoms with Crippen LogP contribution in [0.4, 0.5) is 0 Å². The average molecular weight is 258 g/mol. The minimum absolute atomic E-state index is 0.0125. The van der Waals surface area contributed by atoms with Gasteiger partial charge >= 0.3 is 0 Å². The van der Waals surface area contributed by atoms with Gasteiger partial charge in [-0.15, -0.1) is 0 Å². The Labute approximate surface area is 103 Å². The first-order valence-electron chi connectivity index (χ1n) is 5.51. The van der Waals surface area contributed by atoms with Crippen LogP contribution in [-0.4, -0.2) is 27.6 Å². The van der Waals surface area contributed by atoms with Gasteiger partial charge in [0.05, 0.1) is 11.4 Å². The number of nitrogens with zero attached hydrogens (tertiary/aromatic N) is 1. The van der Waals surface area contributed by atoms with Gasteiger partial charge in [0, 0.05) is 23.4 Å².